The number of carbonyl (C=O) groups excluding carboxylic acids is 1. The number of carbonyl (C=O) groups is 1. The second-order valence-electron chi connectivity index (χ2n) is 6.56. The lowest BCUT2D eigenvalue weighted by molar-refractivity contribution is -0.131. The van der Waals surface area contributed by atoms with Crippen LogP contribution in [0.25, 0.3) is 0 Å². The first-order valence-corrected chi connectivity index (χ1v) is 8.35. The molecular weight excluding hydrogens is 304 g/mol. The summed E-state index contributed by atoms with van der Waals surface area (Å²) >= 11 is 0. The Balaban J connectivity index is 1.62. The van der Waals surface area contributed by atoms with Crippen LogP contribution in [0.15, 0.2) is 34.4 Å². The van der Waals surface area contributed by atoms with E-state index in [-0.39, 0.29) is 5.91 Å². The van der Waals surface area contributed by atoms with E-state index in [4.69, 9.17) is 0 Å². The molecule has 2 fully saturated rings. The fourth-order valence-corrected chi connectivity index (χ4v) is 3.84. The molecule has 3 aliphatic heterocycles. The summed E-state index contributed by atoms with van der Waals surface area (Å²) in [6.45, 7) is 3.00. The quantitative estimate of drug-likeness (QED) is 0.824. The minimum absolute atomic E-state index is 0.239. The van der Waals surface area contributed by atoms with E-state index < -0.39 is 5.54 Å². The van der Waals surface area contributed by atoms with E-state index in [1.165, 1.54) is 0 Å². The van der Waals surface area contributed by atoms with E-state index in [0.29, 0.717) is 13.2 Å². The molecule has 1 aromatic rings. The van der Waals surface area contributed by atoms with Gasteiger partial charge in [0, 0.05) is 12.7 Å². The van der Waals surface area contributed by atoms with Crippen LogP contribution in [0.4, 0.5) is 5.69 Å². The zero-order valence-corrected chi connectivity index (χ0v) is 13.8. The molecule has 0 unspecified atom stereocenters. The summed E-state index contributed by atoms with van der Waals surface area (Å²) in [4.78, 5) is 21.1. The summed E-state index contributed by atoms with van der Waals surface area (Å²) in [5.41, 5.74) is 5.47. The fraction of sp³-hybridized carbons (Fsp3) is 0.471. The Hall–Kier alpha value is -2.41. The summed E-state index contributed by atoms with van der Waals surface area (Å²) in [6.07, 6.45) is 3.30. The van der Waals surface area contributed by atoms with E-state index in [9.17, 15) is 4.79 Å². The van der Waals surface area contributed by atoms with Gasteiger partial charge in [0.1, 0.15) is 11.9 Å². The Bertz CT molecular complexity index is 690. The van der Waals surface area contributed by atoms with E-state index in [1.54, 1.807) is 6.34 Å². The van der Waals surface area contributed by atoms with Crippen molar-refractivity contribution in [3.63, 3.8) is 0 Å². The smallest absolute Gasteiger partial charge is 0.249 e. The second-order valence-corrected chi connectivity index (χ2v) is 6.56. The monoisotopic (exact) mass is 326 g/mol. The third-order valence-corrected chi connectivity index (χ3v) is 5.15. The average Bonchev–Trinajstić information content (AvgIpc) is 2.88. The van der Waals surface area contributed by atoms with Crippen LogP contribution < -0.4 is 15.6 Å². The van der Waals surface area contributed by atoms with Gasteiger partial charge in [-0.1, -0.05) is 12.1 Å². The number of likely N-dealkylation sites (N-methyl/N-ethyl adjacent to an activating group) is 1. The zero-order chi connectivity index (χ0) is 16.6. The van der Waals surface area contributed by atoms with Crippen LogP contribution in [-0.2, 0) is 4.79 Å². The Morgan fingerprint density at radius 2 is 1.92 bits per heavy atom. The third-order valence-electron chi connectivity index (χ3n) is 5.15. The minimum Gasteiger partial charge on any atom is -0.339 e. The molecule has 1 aromatic carbocycles. The maximum Gasteiger partial charge on any atom is 0.249 e. The van der Waals surface area contributed by atoms with E-state index >= 15 is 0 Å². The SMILES string of the molecule is CN1CN(c2ccc(C3=NNC=NC3)cc2)C2(CCNCC2)C1=O. The first-order valence-electron chi connectivity index (χ1n) is 8.35. The van der Waals surface area contributed by atoms with Crippen molar-refractivity contribution in [2.24, 2.45) is 10.1 Å². The summed E-state index contributed by atoms with van der Waals surface area (Å²) in [5, 5.41) is 7.63. The molecule has 7 heteroatoms. The predicted octanol–water partition coefficient (Wildman–Crippen LogP) is 0.380. The number of nitrogens with zero attached hydrogens (tertiary/aromatic N) is 4. The topological polar surface area (TPSA) is 72.3 Å². The van der Waals surface area contributed by atoms with Crippen LogP contribution in [0.2, 0.25) is 0 Å². The van der Waals surface area contributed by atoms with Crippen molar-refractivity contribution < 1.29 is 4.79 Å². The summed E-state index contributed by atoms with van der Waals surface area (Å²) in [7, 11) is 1.89. The molecule has 0 atom stereocenters. The average molecular weight is 326 g/mol. The standard InChI is InChI=1S/C17H22N6O/c1-22-12-23(17(16(22)24)6-8-18-9-7-17)14-4-2-13(3-5-14)15-10-19-11-20-21-15/h2-5,11,18H,6-10,12H2,1H3,(H,19,20). The van der Waals surface area contributed by atoms with Gasteiger partial charge in [0.15, 0.2) is 0 Å². The van der Waals surface area contributed by atoms with E-state index in [2.05, 4.69) is 50.0 Å². The van der Waals surface area contributed by atoms with Crippen molar-refractivity contribution in [2.75, 3.05) is 38.3 Å². The van der Waals surface area contributed by atoms with Gasteiger partial charge < -0.3 is 15.1 Å². The minimum atomic E-state index is -0.393. The number of amides is 1. The lowest BCUT2D eigenvalue weighted by Gasteiger charge is -2.40. The number of piperidine rings is 1. The molecule has 0 aliphatic carbocycles. The molecule has 24 heavy (non-hydrogen) atoms. The normalized spacial score (nSPS) is 22.7. The number of aliphatic imine (C=N–C) groups is 1. The molecule has 2 N–H and O–H groups in total. The summed E-state index contributed by atoms with van der Waals surface area (Å²) < 4.78 is 0. The number of benzene rings is 1. The number of nitrogens with one attached hydrogen (secondary N) is 2. The third kappa shape index (κ3) is 2.36. The van der Waals surface area contributed by atoms with Crippen LogP contribution in [-0.4, -0.2) is 61.7 Å². The van der Waals surface area contributed by atoms with Crippen molar-refractivity contribution in [2.45, 2.75) is 18.4 Å². The highest BCUT2D eigenvalue weighted by atomic mass is 16.2. The van der Waals surface area contributed by atoms with Crippen LogP contribution in [0, 0.1) is 0 Å². The molecule has 1 amide bonds. The van der Waals surface area contributed by atoms with Crippen LogP contribution >= 0.6 is 0 Å². The number of hydrazone groups is 1. The van der Waals surface area contributed by atoms with E-state index in [0.717, 1.165) is 42.9 Å². The Morgan fingerprint density at radius 1 is 1.17 bits per heavy atom. The molecule has 126 valence electrons. The van der Waals surface area contributed by atoms with Crippen molar-refractivity contribution in [1.82, 2.24) is 15.6 Å². The van der Waals surface area contributed by atoms with Gasteiger partial charge in [0.05, 0.1) is 18.9 Å². The van der Waals surface area contributed by atoms with Gasteiger partial charge in [-0.25, -0.2) is 0 Å². The molecule has 0 bridgehead atoms. The number of anilines is 1. The molecule has 3 aliphatic rings. The largest absolute Gasteiger partial charge is 0.339 e. The molecule has 7 nitrogen and oxygen atoms in total. The maximum absolute atomic E-state index is 12.8. The van der Waals surface area contributed by atoms with Crippen LogP contribution in [0.3, 0.4) is 0 Å². The zero-order valence-electron chi connectivity index (χ0n) is 13.8. The fourth-order valence-electron chi connectivity index (χ4n) is 3.84. The van der Waals surface area contributed by atoms with Crippen LogP contribution in [0.5, 0.6) is 0 Å². The second kappa shape index (κ2) is 5.90. The lowest BCUT2D eigenvalue weighted by atomic mass is 9.86. The molecule has 0 radical (unpaired) electrons. The molecule has 4 rings (SSSR count). The maximum atomic E-state index is 12.8. The van der Waals surface area contributed by atoms with Gasteiger partial charge in [-0.2, -0.15) is 5.10 Å². The van der Waals surface area contributed by atoms with Crippen molar-refractivity contribution >= 4 is 23.6 Å². The highest BCUT2D eigenvalue weighted by Crippen LogP contribution is 2.37. The molecule has 2 saturated heterocycles. The van der Waals surface area contributed by atoms with Gasteiger partial charge in [-0.3, -0.25) is 15.2 Å². The van der Waals surface area contributed by atoms with Crippen molar-refractivity contribution in [3.05, 3.63) is 29.8 Å². The van der Waals surface area contributed by atoms with Gasteiger partial charge in [0.25, 0.3) is 0 Å². The lowest BCUT2D eigenvalue weighted by Crippen LogP contribution is -2.55. The number of rotatable bonds is 2. The first kappa shape index (κ1) is 15.1. The van der Waals surface area contributed by atoms with Crippen molar-refractivity contribution in [3.8, 4) is 0 Å². The predicted molar refractivity (Wildman–Crippen MR) is 94.4 cm³/mol. The number of hydrogen-bond donors (Lipinski definition) is 2. The van der Waals surface area contributed by atoms with Crippen LogP contribution in [0.1, 0.15) is 18.4 Å². The first-order chi connectivity index (χ1) is 11.7. The van der Waals surface area contributed by atoms with E-state index in [1.807, 2.05) is 11.9 Å². The van der Waals surface area contributed by atoms with Gasteiger partial charge in [-0.05, 0) is 43.6 Å². The summed E-state index contributed by atoms with van der Waals surface area (Å²) in [6, 6.07) is 8.31. The van der Waals surface area contributed by atoms with Gasteiger partial charge in [-0.15, -0.1) is 0 Å². The van der Waals surface area contributed by atoms with Gasteiger partial charge in [0.2, 0.25) is 5.91 Å². The highest BCUT2D eigenvalue weighted by Gasteiger charge is 2.51. The number of hydrogen-bond acceptors (Lipinski definition) is 6. The Morgan fingerprint density at radius 3 is 2.58 bits per heavy atom. The molecule has 1 spiro atoms. The van der Waals surface area contributed by atoms with Crippen molar-refractivity contribution in [1.29, 1.82) is 0 Å². The Kier molecular flexibility index (Phi) is 3.72. The molecule has 3 heterocycles. The summed E-state index contributed by atoms with van der Waals surface area (Å²) in [5.74, 6) is 0.239. The molecular formula is C17H22N6O. The highest BCUT2D eigenvalue weighted by molar-refractivity contribution is 6.04. The van der Waals surface area contributed by atoms with Gasteiger partial charge >= 0.3 is 0 Å². The molecule has 0 aromatic heterocycles. The Labute approximate surface area is 141 Å². The molecule has 0 saturated carbocycles.